The minimum absolute atomic E-state index is 0.151. The molecule has 0 radical (unpaired) electrons. The molecule has 0 aliphatic carbocycles. The van der Waals surface area contributed by atoms with Crippen LogP contribution >= 0.6 is 11.6 Å². The average molecular weight is 427 g/mol. The summed E-state index contributed by atoms with van der Waals surface area (Å²) in [6, 6.07) is 12.7. The lowest BCUT2D eigenvalue weighted by Gasteiger charge is -2.09. The summed E-state index contributed by atoms with van der Waals surface area (Å²) in [6.45, 7) is 0. The van der Waals surface area contributed by atoms with Crippen LogP contribution in [0.4, 0.5) is 4.39 Å². The predicted octanol–water partition coefficient (Wildman–Crippen LogP) is 5.08. The van der Waals surface area contributed by atoms with Gasteiger partial charge < -0.3 is 18.9 Å². The largest absolute Gasteiger partial charge is 0.493 e. The Hall–Kier alpha value is -3.58. The summed E-state index contributed by atoms with van der Waals surface area (Å²) in [5.41, 5.74) is 0.352. The van der Waals surface area contributed by atoms with Crippen molar-refractivity contribution < 1.29 is 18.3 Å². The first kappa shape index (κ1) is 19.7. The molecule has 0 bridgehead atoms. The lowest BCUT2D eigenvalue weighted by Crippen LogP contribution is -2.11. The number of H-pyrrole nitrogens is 1. The second-order valence-electron chi connectivity index (χ2n) is 6.31. The molecular weight excluding hydrogens is 411 g/mol. The molecule has 30 heavy (non-hydrogen) atoms. The predicted molar refractivity (Wildman–Crippen MR) is 113 cm³/mol. The van der Waals surface area contributed by atoms with Gasteiger partial charge in [0.2, 0.25) is 0 Å². The van der Waals surface area contributed by atoms with Crippen LogP contribution in [0.25, 0.3) is 33.3 Å². The van der Waals surface area contributed by atoms with Crippen molar-refractivity contribution in [2.24, 2.45) is 0 Å². The summed E-state index contributed by atoms with van der Waals surface area (Å²) in [6.07, 6.45) is 1.50. The molecule has 0 aliphatic heterocycles. The molecule has 0 aliphatic rings. The summed E-state index contributed by atoms with van der Waals surface area (Å²) in [5.74, 6) is 1.37. The van der Waals surface area contributed by atoms with Gasteiger partial charge in [-0.2, -0.15) is 0 Å². The van der Waals surface area contributed by atoms with Crippen molar-refractivity contribution in [2.45, 2.75) is 0 Å². The molecule has 2 aromatic heterocycles. The number of nitrogens with one attached hydrogen (secondary N) is 1. The molecule has 0 amide bonds. The van der Waals surface area contributed by atoms with Gasteiger partial charge in [0.15, 0.2) is 17.3 Å². The van der Waals surface area contributed by atoms with E-state index >= 15 is 0 Å². The van der Waals surface area contributed by atoms with E-state index in [1.54, 1.807) is 42.5 Å². The monoisotopic (exact) mass is 426 g/mol. The van der Waals surface area contributed by atoms with Crippen LogP contribution in [-0.2, 0) is 0 Å². The van der Waals surface area contributed by atoms with Crippen molar-refractivity contribution in [3.63, 3.8) is 0 Å². The minimum Gasteiger partial charge on any atom is -0.493 e. The summed E-state index contributed by atoms with van der Waals surface area (Å²) in [7, 11) is 2.98. The molecule has 2 heterocycles. The third-order valence-corrected chi connectivity index (χ3v) is 4.76. The van der Waals surface area contributed by atoms with Crippen molar-refractivity contribution in [1.82, 2.24) is 9.97 Å². The summed E-state index contributed by atoms with van der Waals surface area (Å²) in [5, 5.41) is 0.485. The van der Waals surface area contributed by atoms with E-state index in [0.29, 0.717) is 39.5 Å². The molecule has 8 heteroatoms. The summed E-state index contributed by atoms with van der Waals surface area (Å²) < 4.78 is 30.1. The Morgan fingerprint density at radius 3 is 2.60 bits per heavy atom. The number of methoxy groups -OCH3 is 2. The Kier molecular flexibility index (Phi) is 5.29. The number of fused-ring (bicyclic) bond motifs is 1. The van der Waals surface area contributed by atoms with Crippen LogP contribution in [0.15, 0.2) is 57.7 Å². The van der Waals surface area contributed by atoms with Crippen LogP contribution in [0.5, 0.6) is 11.5 Å². The van der Waals surface area contributed by atoms with Crippen LogP contribution in [-0.4, -0.2) is 24.2 Å². The van der Waals surface area contributed by atoms with E-state index in [4.69, 9.17) is 25.5 Å². The Morgan fingerprint density at radius 1 is 1.13 bits per heavy atom. The Balaban J connectivity index is 1.73. The Morgan fingerprint density at radius 2 is 1.87 bits per heavy atom. The fourth-order valence-corrected chi connectivity index (χ4v) is 3.21. The first-order valence-electron chi connectivity index (χ1n) is 8.88. The van der Waals surface area contributed by atoms with Crippen molar-refractivity contribution in [2.75, 3.05) is 14.2 Å². The number of rotatable bonds is 5. The number of furan rings is 1. The second-order valence-corrected chi connectivity index (χ2v) is 6.72. The number of aromatic amines is 1. The number of hydrogen-bond donors (Lipinski definition) is 1. The van der Waals surface area contributed by atoms with Gasteiger partial charge in [0.05, 0.1) is 35.7 Å². The average Bonchev–Trinajstić information content (AvgIpc) is 3.21. The van der Waals surface area contributed by atoms with Gasteiger partial charge in [0.1, 0.15) is 17.3 Å². The number of hydrogen-bond acceptors (Lipinski definition) is 5. The highest BCUT2D eigenvalue weighted by molar-refractivity contribution is 6.50. The number of benzene rings is 2. The molecule has 4 rings (SSSR count). The van der Waals surface area contributed by atoms with Gasteiger partial charge in [0, 0.05) is 12.1 Å². The van der Waals surface area contributed by atoms with Crippen LogP contribution in [0.1, 0.15) is 11.6 Å². The third-order valence-electron chi connectivity index (χ3n) is 4.47. The van der Waals surface area contributed by atoms with E-state index in [9.17, 15) is 9.18 Å². The van der Waals surface area contributed by atoms with Crippen molar-refractivity contribution in [3.05, 3.63) is 76.3 Å². The zero-order chi connectivity index (χ0) is 21.3. The normalized spacial score (nSPS) is 11.7. The highest BCUT2D eigenvalue weighted by atomic mass is 35.5. The van der Waals surface area contributed by atoms with E-state index in [2.05, 4.69) is 9.97 Å². The maximum Gasteiger partial charge on any atom is 0.259 e. The smallest absolute Gasteiger partial charge is 0.259 e. The van der Waals surface area contributed by atoms with Crippen molar-refractivity contribution >= 4 is 33.6 Å². The maximum absolute atomic E-state index is 14.0. The molecule has 2 aromatic carbocycles. The first-order valence-corrected chi connectivity index (χ1v) is 9.26. The zero-order valence-corrected chi connectivity index (χ0v) is 16.8. The zero-order valence-electron chi connectivity index (χ0n) is 16.0. The Bertz CT molecular complexity index is 1330. The van der Waals surface area contributed by atoms with Gasteiger partial charge in [-0.15, -0.1) is 0 Å². The van der Waals surface area contributed by atoms with E-state index in [0.717, 1.165) is 0 Å². The van der Waals surface area contributed by atoms with Crippen molar-refractivity contribution in [3.8, 4) is 22.8 Å². The molecule has 0 saturated carbocycles. The summed E-state index contributed by atoms with van der Waals surface area (Å²) in [4.78, 5) is 19.6. The fraction of sp³-hybridized carbons (Fsp3) is 0.0909. The van der Waals surface area contributed by atoms with Gasteiger partial charge in [-0.05, 0) is 30.3 Å². The SMILES string of the molecule is COc1cc2nc(/C(Cl)=C/c3ccc(-c4ccccc4F)o3)[nH]c(=O)c2cc1OC. The molecule has 6 nitrogen and oxygen atoms in total. The van der Waals surface area contributed by atoms with E-state index in [-0.39, 0.29) is 16.4 Å². The van der Waals surface area contributed by atoms with Crippen LogP contribution in [0.2, 0.25) is 0 Å². The molecular formula is C22H16ClFN2O4. The van der Waals surface area contributed by atoms with Crippen LogP contribution < -0.4 is 15.0 Å². The van der Waals surface area contributed by atoms with Gasteiger partial charge in [-0.1, -0.05) is 23.7 Å². The fourth-order valence-electron chi connectivity index (χ4n) is 3.01. The highest BCUT2D eigenvalue weighted by Crippen LogP contribution is 2.31. The Labute approximate surface area is 175 Å². The third kappa shape index (κ3) is 3.67. The van der Waals surface area contributed by atoms with Crippen LogP contribution in [0, 0.1) is 5.82 Å². The van der Waals surface area contributed by atoms with E-state index in [1.807, 2.05) is 0 Å². The topological polar surface area (TPSA) is 77.4 Å². The van der Waals surface area contributed by atoms with Gasteiger partial charge in [0.25, 0.3) is 5.56 Å². The minimum atomic E-state index is -0.390. The molecule has 4 aromatic rings. The molecule has 1 N–H and O–H groups in total. The van der Waals surface area contributed by atoms with Gasteiger partial charge in [-0.3, -0.25) is 4.79 Å². The number of nitrogens with zero attached hydrogens (tertiary/aromatic N) is 1. The molecule has 0 unspecified atom stereocenters. The highest BCUT2D eigenvalue weighted by Gasteiger charge is 2.13. The lowest BCUT2D eigenvalue weighted by molar-refractivity contribution is 0.355. The van der Waals surface area contributed by atoms with Crippen molar-refractivity contribution in [1.29, 1.82) is 0 Å². The number of aromatic nitrogens is 2. The molecule has 0 atom stereocenters. The van der Waals surface area contributed by atoms with E-state index in [1.165, 1.54) is 26.4 Å². The van der Waals surface area contributed by atoms with Gasteiger partial charge >= 0.3 is 0 Å². The molecule has 0 saturated heterocycles. The van der Waals surface area contributed by atoms with Gasteiger partial charge in [-0.25, -0.2) is 9.37 Å². The van der Waals surface area contributed by atoms with E-state index < -0.39 is 5.82 Å². The molecule has 0 fully saturated rings. The molecule has 152 valence electrons. The quantitative estimate of drug-likeness (QED) is 0.481. The number of ether oxygens (including phenoxy) is 2. The molecule has 0 spiro atoms. The maximum atomic E-state index is 14.0. The first-order chi connectivity index (χ1) is 14.5. The van der Waals surface area contributed by atoms with Crippen LogP contribution in [0.3, 0.4) is 0 Å². The second kappa shape index (κ2) is 8.04. The number of halogens is 2. The summed E-state index contributed by atoms with van der Waals surface area (Å²) >= 11 is 6.37. The standard InChI is InChI=1S/C22H16ClFN2O4/c1-28-19-10-14-17(11-20(19)29-2)25-21(26-22(14)27)15(23)9-12-7-8-18(30-12)13-5-3-4-6-16(13)24/h3-11H,1-2H3,(H,25,26,27)/b15-9-. The lowest BCUT2D eigenvalue weighted by atomic mass is 10.1.